The fourth-order valence-electron chi connectivity index (χ4n) is 1.98. The van der Waals surface area contributed by atoms with Crippen LogP contribution in [0.4, 0.5) is 0 Å². The molecule has 18 heavy (non-hydrogen) atoms. The third kappa shape index (κ3) is 3.56. The topological polar surface area (TPSA) is 46.2 Å². The molecular weight excluding hydrogens is 246 g/mol. The Morgan fingerprint density at radius 2 is 1.83 bits per heavy atom. The van der Waals surface area contributed by atoms with Gasteiger partial charge in [-0.3, -0.25) is 0 Å². The van der Waals surface area contributed by atoms with Gasteiger partial charge in [0, 0.05) is 6.04 Å². The number of sulfone groups is 1. The Labute approximate surface area is 111 Å². The van der Waals surface area contributed by atoms with Crippen LogP contribution >= 0.6 is 0 Å². The largest absolute Gasteiger partial charge is 0.316 e. The summed E-state index contributed by atoms with van der Waals surface area (Å²) in [5, 5.41) is 3.08. The molecule has 0 aromatic heterocycles. The van der Waals surface area contributed by atoms with E-state index in [0.29, 0.717) is 4.90 Å². The van der Waals surface area contributed by atoms with E-state index in [9.17, 15) is 8.42 Å². The van der Waals surface area contributed by atoms with Crippen molar-refractivity contribution in [3.05, 3.63) is 29.3 Å². The van der Waals surface area contributed by atoms with E-state index in [2.05, 4.69) is 5.32 Å². The van der Waals surface area contributed by atoms with Gasteiger partial charge in [-0.2, -0.15) is 0 Å². The molecule has 1 aromatic rings. The molecule has 1 unspecified atom stereocenters. The fraction of sp³-hybridized carbons (Fsp3) is 0.571. The molecule has 0 aliphatic heterocycles. The number of aryl methyl sites for hydroxylation is 2. The first kappa shape index (κ1) is 15.2. The van der Waals surface area contributed by atoms with Gasteiger partial charge in [-0.1, -0.05) is 26.0 Å². The predicted molar refractivity (Wildman–Crippen MR) is 75.7 cm³/mol. The van der Waals surface area contributed by atoms with Crippen LogP contribution in [0.5, 0.6) is 0 Å². The van der Waals surface area contributed by atoms with E-state index in [0.717, 1.165) is 11.1 Å². The highest BCUT2D eigenvalue weighted by atomic mass is 32.2. The zero-order valence-electron chi connectivity index (χ0n) is 11.8. The van der Waals surface area contributed by atoms with Crippen LogP contribution in [0.25, 0.3) is 0 Å². The molecule has 1 atom stereocenters. The van der Waals surface area contributed by atoms with Gasteiger partial charge in [0.05, 0.1) is 10.6 Å². The van der Waals surface area contributed by atoms with Gasteiger partial charge in [-0.25, -0.2) is 8.42 Å². The lowest BCUT2D eigenvalue weighted by Gasteiger charge is -2.20. The molecule has 1 rings (SSSR count). The van der Waals surface area contributed by atoms with E-state index in [-0.39, 0.29) is 17.7 Å². The van der Waals surface area contributed by atoms with Crippen LogP contribution in [0.15, 0.2) is 23.1 Å². The van der Waals surface area contributed by atoms with Crippen LogP contribution in [-0.2, 0) is 9.84 Å². The second-order valence-electron chi connectivity index (χ2n) is 5.19. The van der Waals surface area contributed by atoms with E-state index in [1.807, 2.05) is 46.9 Å². The molecular formula is C14H23NO2S. The van der Waals surface area contributed by atoms with E-state index < -0.39 is 9.84 Å². The molecule has 0 bridgehead atoms. The van der Waals surface area contributed by atoms with Crippen molar-refractivity contribution in [1.82, 2.24) is 5.32 Å². The lowest BCUT2D eigenvalue weighted by atomic mass is 10.1. The monoisotopic (exact) mass is 269 g/mol. The van der Waals surface area contributed by atoms with E-state index in [1.165, 1.54) is 0 Å². The van der Waals surface area contributed by atoms with Gasteiger partial charge in [-0.05, 0) is 44.0 Å². The number of hydrogen-bond acceptors (Lipinski definition) is 3. The second-order valence-corrected chi connectivity index (χ2v) is 7.19. The molecule has 0 spiro atoms. The van der Waals surface area contributed by atoms with Crippen molar-refractivity contribution in [3.63, 3.8) is 0 Å². The third-order valence-corrected chi connectivity index (χ3v) is 5.16. The number of nitrogens with one attached hydrogen (secondary N) is 1. The molecule has 0 aliphatic rings. The van der Waals surface area contributed by atoms with E-state index in [1.54, 1.807) is 6.07 Å². The first-order chi connectivity index (χ1) is 8.27. The van der Waals surface area contributed by atoms with Crippen molar-refractivity contribution >= 4 is 9.84 Å². The molecule has 0 amide bonds. The Balaban J connectivity index is 3.10. The highest BCUT2D eigenvalue weighted by Gasteiger charge is 2.23. The first-order valence-electron chi connectivity index (χ1n) is 6.25. The molecule has 1 N–H and O–H groups in total. The van der Waals surface area contributed by atoms with Crippen molar-refractivity contribution in [2.75, 3.05) is 12.8 Å². The molecule has 0 fully saturated rings. The summed E-state index contributed by atoms with van der Waals surface area (Å²) in [6, 6.07) is 5.55. The van der Waals surface area contributed by atoms with Gasteiger partial charge in [-0.15, -0.1) is 0 Å². The molecule has 0 saturated carbocycles. The summed E-state index contributed by atoms with van der Waals surface area (Å²) < 4.78 is 24.9. The van der Waals surface area contributed by atoms with Crippen molar-refractivity contribution in [2.24, 2.45) is 5.92 Å². The predicted octanol–water partition coefficient (Wildman–Crippen LogP) is 2.32. The van der Waals surface area contributed by atoms with Crippen molar-refractivity contribution in [3.8, 4) is 0 Å². The van der Waals surface area contributed by atoms with Gasteiger partial charge in [0.15, 0.2) is 9.84 Å². The van der Waals surface area contributed by atoms with Gasteiger partial charge in [0.1, 0.15) is 0 Å². The highest BCUT2D eigenvalue weighted by molar-refractivity contribution is 7.91. The first-order valence-corrected chi connectivity index (χ1v) is 7.90. The molecule has 3 nitrogen and oxygen atoms in total. The van der Waals surface area contributed by atoms with Gasteiger partial charge >= 0.3 is 0 Å². The number of hydrogen-bond donors (Lipinski definition) is 1. The normalized spacial score (nSPS) is 13.9. The van der Waals surface area contributed by atoms with Crippen molar-refractivity contribution in [2.45, 2.75) is 38.6 Å². The highest BCUT2D eigenvalue weighted by Crippen LogP contribution is 2.20. The number of benzene rings is 1. The summed E-state index contributed by atoms with van der Waals surface area (Å²) in [6.07, 6.45) is 0. The zero-order valence-corrected chi connectivity index (χ0v) is 12.6. The van der Waals surface area contributed by atoms with Gasteiger partial charge < -0.3 is 5.32 Å². The van der Waals surface area contributed by atoms with Crippen LogP contribution < -0.4 is 5.32 Å². The Hall–Kier alpha value is -0.870. The van der Waals surface area contributed by atoms with E-state index in [4.69, 9.17) is 0 Å². The Kier molecular flexibility index (Phi) is 4.93. The smallest absolute Gasteiger partial charge is 0.180 e. The lowest BCUT2D eigenvalue weighted by molar-refractivity contribution is 0.455. The maximum Gasteiger partial charge on any atom is 0.180 e. The fourth-order valence-corrected chi connectivity index (χ4v) is 4.11. The molecule has 0 saturated heterocycles. The van der Waals surface area contributed by atoms with E-state index >= 15 is 0 Å². The van der Waals surface area contributed by atoms with Crippen LogP contribution in [0, 0.1) is 19.8 Å². The maximum absolute atomic E-state index is 12.4. The summed E-state index contributed by atoms with van der Waals surface area (Å²) in [6.45, 7) is 7.81. The minimum absolute atomic E-state index is 0.0186. The lowest BCUT2D eigenvalue weighted by Crippen LogP contribution is -2.37. The average molecular weight is 269 g/mol. The minimum atomic E-state index is -3.23. The van der Waals surface area contributed by atoms with Gasteiger partial charge in [0.2, 0.25) is 0 Å². The molecule has 1 aromatic carbocycles. The minimum Gasteiger partial charge on any atom is -0.316 e. The summed E-state index contributed by atoms with van der Waals surface area (Å²) in [4.78, 5) is 0.461. The summed E-state index contributed by atoms with van der Waals surface area (Å²) >= 11 is 0. The zero-order chi connectivity index (χ0) is 13.9. The molecule has 0 aliphatic carbocycles. The van der Waals surface area contributed by atoms with Crippen LogP contribution in [0.3, 0.4) is 0 Å². The average Bonchev–Trinajstić information content (AvgIpc) is 2.28. The van der Waals surface area contributed by atoms with Crippen LogP contribution in [-0.4, -0.2) is 27.3 Å². The Bertz CT molecular complexity index is 507. The maximum atomic E-state index is 12.4. The molecule has 0 radical (unpaired) electrons. The Morgan fingerprint density at radius 1 is 1.22 bits per heavy atom. The quantitative estimate of drug-likeness (QED) is 0.892. The third-order valence-electron chi connectivity index (χ3n) is 3.25. The number of rotatable bonds is 5. The van der Waals surface area contributed by atoms with Crippen LogP contribution in [0.1, 0.15) is 25.0 Å². The van der Waals surface area contributed by atoms with Crippen molar-refractivity contribution < 1.29 is 8.42 Å². The molecule has 0 heterocycles. The van der Waals surface area contributed by atoms with Gasteiger partial charge in [0.25, 0.3) is 0 Å². The Morgan fingerprint density at radius 3 is 2.33 bits per heavy atom. The summed E-state index contributed by atoms with van der Waals surface area (Å²) in [5.41, 5.74) is 1.80. The molecule has 102 valence electrons. The molecule has 4 heteroatoms. The summed E-state index contributed by atoms with van der Waals surface area (Å²) in [5.74, 6) is 0.431. The van der Waals surface area contributed by atoms with Crippen molar-refractivity contribution in [1.29, 1.82) is 0 Å². The SMILES string of the molecule is CNC(CS(=O)(=O)c1cc(C)ccc1C)C(C)C. The second kappa shape index (κ2) is 5.85. The van der Waals surface area contributed by atoms with Crippen LogP contribution in [0.2, 0.25) is 0 Å². The summed E-state index contributed by atoms with van der Waals surface area (Å²) in [7, 11) is -1.42. The standard InChI is InChI=1S/C14H23NO2S/c1-10(2)13(15-5)9-18(16,17)14-8-11(3)6-7-12(14)4/h6-8,10,13,15H,9H2,1-5H3.